The van der Waals surface area contributed by atoms with Crippen molar-refractivity contribution in [3.05, 3.63) is 63.1 Å². The van der Waals surface area contributed by atoms with Crippen molar-refractivity contribution in [2.45, 2.75) is 6.10 Å². The Hall–Kier alpha value is -2.89. The van der Waals surface area contributed by atoms with Crippen molar-refractivity contribution in [3.63, 3.8) is 0 Å². The van der Waals surface area contributed by atoms with Crippen LogP contribution in [0.2, 0.25) is 0 Å². The molecule has 0 aromatic heterocycles. The topological polar surface area (TPSA) is 95.5 Å². The lowest BCUT2D eigenvalue weighted by molar-refractivity contribution is -0.385. The number of carbonyl (C=O) groups is 1. The van der Waals surface area contributed by atoms with Crippen LogP contribution in [-0.2, 0) is 9.53 Å². The highest BCUT2D eigenvalue weighted by molar-refractivity contribution is 6.10. The molecule has 0 bridgehead atoms. The Morgan fingerprint density at radius 3 is 2.80 bits per heavy atom. The van der Waals surface area contributed by atoms with Gasteiger partial charge in [-0.3, -0.25) is 14.9 Å². The van der Waals surface area contributed by atoms with Gasteiger partial charge in [0.2, 0.25) is 0 Å². The SMILES string of the molecule is NC(=O)C1=c2cc([N+](=O)[O-])ccc2=C2C=CC=CC2O1. The molecule has 1 aromatic rings. The van der Waals surface area contributed by atoms with E-state index in [-0.39, 0.29) is 11.4 Å². The highest BCUT2D eigenvalue weighted by Crippen LogP contribution is 2.20. The normalized spacial score (nSPS) is 19.1. The molecular weight excluding hydrogens is 260 g/mol. The molecule has 0 saturated heterocycles. The summed E-state index contributed by atoms with van der Waals surface area (Å²) < 4.78 is 5.56. The van der Waals surface area contributed by atoms with E-state index in [0.717, 1.165) is 10.8 Å². The van der Waals surface area contributed by atoms with Crippen LogP contribution in [0.4, 0.5) is 5.69 Å². The Bertz CT molecular complexity index is 805. The molecule has 100 valence electrons. The van der Waals surface area contributed by atoms with Crippen LogP contribution >= 0.6 is 0 Å². The lowest BCUT2D eigenvalue weighted by atomic mass is 9.97. The number of carbonyl (C=O) groups excluding carboxylic acids is 1. The molecule has 20 heavy (non-hydrogen) atoms. The second kappa shape index (κ2) is 4.34. The van der Waals surface area contributed by atoms with Gasteiger partial charge in [0.05, 0.1) is 4.92 Å². The summed E-state index contributed by atoms with van der Waals surface area (Å²) in [6.07, 6.45) is 6.91. The highest BCUT2D eigenvalue weighted by Gasteiger charge is 2.24. The first-order valence-corrected chi connectivity index (χ1v) is 5.92. The van der Waals surface area contributed by atoms with Crippen LogP contribution in [0.1, 0.15) is 0 Å². The third-order valence-electron chi connectivity index (χ3n) is 3.22. The Balaban J connectivity index is 2.42. The zero-order chi connectivity index (χ0) is 14.3. The van der Waals surface area contributed by atoms with E-state index in [1.54, 1.807) is 12.1 Å². The fraction of sp³-hybridized carbons (Fsp3) is 0.0714. The lowest BCUT2D eigenvalue weighted by Crippen LogP contribution is -2.41. The summed E-state index contributed by atoms with van der Waals surface area (Å²) in [6, 6.07) is 4.33. The molecule has 0 fully saturated rings. The Kier molecular flexibility index (Phi) is 2.64. The van der Waals surface area contributed by atoms with E-state index in [2.05, 4.69) is 0 Å². The number of hydrogen-bond acceptors (Lipinski definition) is 4. The number of rotatable bonds is 2. The van der Waals surface area contributed by atoms with E-state index < -0.39 is 16.9 Å². The molecule has 1 heterocycles. The van der Waals surface area contributed by atoms with E-state index in [0.29, 0.717) is 5.22 Å². The molecule has 1 aromatic carbocycles. The van der Waals surface area contributed by atoms with E-state index >= 15 is 0 Å². The second-order valence-corrected chi connectivity index (χ2v) is 4.42. The molecule has 0 spiro atoms. The Labute approximate surface area is 113 Å². The number of allylic oxidation sites excluding steroid dienone is 2. The third-order valence-corrected chi connectivity index (χ3v) is 3.22. The van der Waals surface area contributed by atoms with Gasteiger partial charge in [-0.15, -0.1) is 0 Å². The zero-order valence-corrected chi connectivity index (χ0v) is 10.3. The zero-order valence-electron chi connectivity index (χ0n) is 10.3. The first kappa shape index (κ1) is 12.2. The van der Waals surface area contributed by atoms with Crippen molar-refractivity contribution in [2.75, 3.05) is 0 Å². The standard InChI is InChI=1S/C14H10N2O4/c15-14(17)13-11-7-8(16(18)19)5-6-9(11)10-3-1-2-4-12(10)20-13/h1-7,12H,(H2,15,17). The maximum Gasteiger partial charge on any atom is 0.284 e. The maximum atomic E-state index is 11.5. The van der Waals surface area contributed by atoms with Crippen molar-refractivity contribution in [1.82, 2.24) is 0 Å². The average molecular weight is 270 g/mol. The minimum absolute atomic E-state index is 0.0441. The number of amides is 1. The maximum absolute atomic E-state index is 11.5. The second-order valence-electron chi connectivity index (χ2n) is 4.42. The molecule has 1 unspecified atom stereocenters. The predicted octanol–water partition coefficient (Wildman–Crippen LogP) is -0.136. The monoisotopic (exact) mass is 270 g/mol. The molecule has 0 saturated carbocycles. The van der Waals surface area contributed by atoms with Crippen LogP contribution in [0, 0.1) is 10.1 Å². The van der Waals surface area contributed by atoms with Crippen LogP contribution in [0.15, 0.2) is 42.5 Å². The third kappa shape index (κ3) is 1.78. The lowest BCUT2D eigenvalue weighted by Gasteiger charge is -2.23. The molecule has 1 amide bonds. The number of non-ortho nitro benzene ring substituents is 1. The molecule has 6 heteroatoms. The molecule has 2 N–H and O–H groups in total. The van der Waals surface area contributed by atoms with Crippen LogP contribution in [-0.4, -0.2) is 16.9 Å². The van der Waals surface area contributed by atoms with Gasteiger partial charge in [0.25, 0.3) is 11.6 Å². The molecule has 0 radical (unpaired) electrons. The molecule has 2 aliphatic rings. The van der Waals surface area contributed by atoms with Gasteiger partial charge in [-0.2, -0.15) is 0 Å². The Morgan fingerprint density at radius 2 is 2.10 bits per heavy atom. The van der Waals surface area contributed by atoms with Crippen LogP contribution in [0.3, 0.4) is 0 Å². The van der Waals surface area contributed by atoms with Crippen LogP contribution < -0.4 is 16.2 Å². The van der Waals surface area contributed by atoms with E-state index in [1.165, 1.54) is 12.1 Å². The van der Waals surface area contributed by atoms with Gasteiger partial charge < -0.3 is 10.5 Å². The van der Waals surface area contributed by atoms with Crippen molar-refractivity contribution < 1.29 is 14.5 Å². The van der Waals surface area contributed by atoms with Gasteiger partial charge in [0, 0.05) is 22.9 Å². The van der Waals surface area contributed by atoms with Crippen LogP contribution in [0.25, 0.3) is 11.3 Å². The highest BCUT2D eigenvalue weighted by atomic mass is 16.6. The van der Waals surface area contributed by atoms with Crippen molar-refractivity contribution in [3.8, 4) is 0 Å². The molecule has 1 aliphatic heterocycles. The largest absolute Gasteiger partial charge is 0.475 e. The number of nitro groups is 1. The summed E-state index contributed by atoms with van der Waals surface area (Å²) in [5, 5.41) is 11.9. The minimum Gasteiger partial charge on any atom is -0.475 e. The summed E-state index contributed by atoms with van der Waals surface area (Å²) in [7, 11) is 0. The van der Waals surface area contributed by atoms with Gasteiger partial charge in [-0.25, -0.2) is 0 Å². The number of nitrogens with two attached hydrogens (primary N) is 1. The first-order valence-electron chi connectivity index (χ1n) is 5.92. The van der Waals surface area contributed by atoms with Gasteiger partial charge in [-0.05, 0) is 17.4 Å². The number of benzene rings is 1. The molecular formula is C14H10N2O4. The summed E-state index contributed by atoms with van der Waals surface area (Å²) in [4.78, 5) is 21.8. The first-order chi connectivity index (χ1) is 9.58. The number of fused-ring (bicyclic) bond motifs is 2. The summed E-state index contributed by atoms with van der Waals surface area (Å²) in [5.74, 6) is -0.786. The number of hydrogen-bond donors (Lipinski definition) is 1. The smallest absolute Gasteiger partial charge is 0.284 e. The number of ether oxygens (including phenoxy) is 1. The van der Waals surface area contributed by atoms with Crippen molar-refractivity contribution >= 4 is 22.9 Å². The number of primary amides is 1. The fourth-order valence-electron chi connectivity index (χ4n) is 2.34. The predicted molar refractivity (Wildman–Crippen MR) is 71.5 cm³/mol. The molecule has 6 nitrogen and oxygen atoms in total. The summed E-state index contributed by atoms with van der Waals surface area (Å²) in [5.41, 5.74) is 6.05. The van der Waals surface area contributed by atoms with E-state index in [4.69, 9.17) is 10.5 Å². The van der Waals surface area contributed by atoms with E-state index in [1.807, 2.05) is 18.2 Å². The van der Waals surface area contributed by atoms with Gasteiger partial charge in [0.15, 0.2) is 5.76 Å². The summed E-state index contributed by atoms with van der Waals surface area (Å²) >= 11 is 0. The number of nitro benzene ring substituents is 1. The van der Waals surface area contributed by atoms with Crippen LogP contribution in [0.5, 0.6) is 0 Å². The average Bonchev–Trinajstić information content (AvgIpc) is 2.45. The van der Waals surface area contributed by atoms with Crippen molar-refractivity contribution in [1.29, 1.82) is 0 Å². The van der Waals surface area contributed by atoms with Crippen molar-refractivity contribution in [2.24, 2.45) is 5.73 Å². The van der Waals surface area contributed by atoms with Gasteiger partial charge >= 0.3 is 0 Å². The quantitative estimate of drug-likeness (QED) is 0.598. The van der Waals surface area contributed by atoms with Gasteiger partial charge in [-0.1, -0.05) is 18.2 Å². The fourth-order valence-corrected chi connectivity index (χ4v) is 2.34. The van der Waals surface area contributed by atoms with Gasteiger partial charge in [0.1, 0.15) is 6.10 Å². The Morgan fingerprint density at radius 1 is 1.30 bits per heavy atom. The number of nitrogens with zero attached hydrogens (tertiary/aromatic N) is 1. The minimum atomic E-state index is -0.742. The summed E-state index contributed by atoms with van der Waals surface area (Å²) in [6.45, 7) is 0. The molecule has 3 rings (SSSR count). The molecule has 1 atom stereocenters. The molecule has 1 aliphatic carbocycles. The van der Waals surface area contributed by atoms with E-state index in [9.17, 15) is 14.9 Å².